The molecule has 2 fully saturated rings. The molecule has 0 bridgehead atoms. The van der Waals surface area contributed by atoms with Gasteiger partial charge in [0.05, 0.1) is 36.3 Å². The molecule has 152 valence electrons. The Kier molecular flexibility index (Phi) is 4.33. The summed E-state index contributed by atoms with van der Waals surface area (Å²) in [6, 6.07) is 6.39. The fraction of sp³-hybridized carbons (Fsp3) is 0.500. The Morgan fingerprint density at radius 3 is 2.62 bits per heavy atom. The van der Waals surface area contributed by atoms with Gasteiger partial charge in [-0.1, -0.05) is 6.07 Å². The van der Waals surface area contributed by atoms with Gasteiger partial charge in [0.2, 0.25) is 5.91 Å². The third-order valence-corrected chi connectivity index (χ3v) is 5.92. The third kappa shape index (κ3) is 3.28. The minimum absolute atomic E-state index is 0.0940. The van der Waals surface area contributed by atoms with Gasteiger partial charge >= 0.3 is 6.09 Å². The number of aromatic nitrogens is 2. The molecule has 0 N–H and O–H groups in total. The van der Waals surface area contributed by atoms with Crippen molar-refractivity contribution in [1.29, 1.82) is 0 Å². The van der Waals surface area contributed by atoms with Crippen LogP contribution >= 0.6 is 0 Å². The molecule has 2 heterocycles. The standard InChI is InChI=1S/C22H26N4O3/c1-3-29-22(28)24-12-14(2)26(21(27)15-4-5-15)19-9-6-16(10-20(19)24)17-11-23-25(13-17)18-7-8-18/h6,9-11,13-15,18H,3-5,7-8,12H2,1-2H3. The number of amides is 2. The lowest BCUT2D eigenvalue weighted by Gasteiger charge is -2.41. The molecule has 5 rings (SSSR count). The highest BCUT2D eigenvalue weighted by Gasteiger charge is 2.41. The van der Waals surface area contributed by atoms with Crippen molar-refractivity contribution in [2.75, 3.05) is 23.0 Å². The summed E-state index contributed by atoms with van der Waals surface area (Å²) in [6.45, 7) is 4.54. The lowest BCUT2D eigenvalue weighted by Crippen LogP contribution is -2.52. The Morgan fingerprint density at radius 1 is 1.14 bits per heavy atom. The van der Waals surface area contributed by atoms with E-state index < -0.39 is 0 Å². The van der Waals surface area contributed by atoms with Crippen molar-refractivity contribution in [3.05, 3.63) is 30.6 Å². The Balaban J connectivity index is 1.55. The number of carbonyl (C=O) groups is 2. The van der Waals surface area contributed by atoms with Crippen LogP contribution in [0.5, 0.6) is 0 Å². The average molecular weight is 394 g/mol. The van der Waals surface area contributed by atoms with Crippen LogP contribution in [0.15, 0.2) is 30.6 Å². The first kappa shape index (κ1) is 18.2. The normalized spacial score (nSPS) is 21.1. The van der Waals surface area contributed by atoms with Crippen molar-refractivity contribution in [3.63, 3.8) is 0 Å². The van der Waals surface area contributed by atoms with E-state index >= 15 is 0 Å². The van der Waals surface area contributed by atoms with Gasteiger partial charge in [0.25, 0.3) is 0 Å². The van der Waals surface area contributed by atoms with E-state index in [9.17, 15) is 9.59 Å². The van der Waals surface area contributed by atoms with E-state index in [0.717, 1.165) is 35.3 Å². The van der Waals surface area contributed by atoms with E-state index in [4.69, 9.17) is 4.74 Å². The second-order valence-corrected chi connectivity index (χ2v) is 8.28. The molecular weight excluding hydrogens is 368 g/mol. The fourth-order valence-electron chi connectivity index (χ4n) is 4.07. The number of carbonyl (C=O) groups excluding carboxylic acids is 2. The summed E-state index contributed by atoms with van der Waals surface area (Å²) in [4.78, 5) is 29.2. The average Bonchev–Trinajstić information content (AvgIpc) is 3.65. The number of rotatable bonds is 4. The maximum absolute atomic E-state index is 13.0. The lowest BCUT2D eigenvalue weighted by molar-refractivity contribution is -0.120. The molecule has 2 saturated carbocycles. The van der Waals surface area contributed by atoms with Gasteiger partial charge in [0.15, 0.2) is 0 Å². The third-order valence-electron chi connectivity index (χ3n) is 5.92. The van der Waals surface area contributed by atoms with Gasteiger partial charge in [0.1, 0.15) is 0 Å². The molecule has 0 saturated heterocycles. The maximum Gasteiger partial charge on any atom is 0.414 e. The van der Waals surface area contributed by atoms with Gasteiger partial charge < -0.3 is 9.64 Å². The van der Waals surface area contributed by atoms with Crippen molar-refractivity contribution < 1.29 is 14.3 Å². The van der Waals surface area contributed by atoms with Crippen molar-refractivity contribution in [1.82, 2.24) is 9.78 Å². The number of nitrogens with zero attached hydrogens (tertiary/aromatic N) is 4. The topological polar surface area (TPSA) is 67.7 Å². The van der Waals surface area contributed by atoms with Crippen molar-refractivity contribution in [3.8, 4) is 11.1 Å². The van der Waals surface area contributed by atoms with Crippen LogP contribution in [0.2, 0.25) is 0 Å². The van der Waals surface area contributed by atoms with Crippen LogP contribution in [-0.4, -0.2) is 41.0 Å². The van der Waals surface area contributed by atoms with Gasteiger partial charge in [0, 0.05) is 24.2 Å². The number of anilines is 2. The van der Waals surface area contributed by atoms with Gasteiger partial charge in [-0.3, -0.25) is 14.4 Å². The number of hydrogen-bond acceptors (Lipinski definition) is 4. The summed E-state index contributed by atoms with van der Waals surface area (Å²) in [7, 11) is 0. The number of benzene rings is 1. The second-order valence-electron chi connectivity index (χ2n) is 8.28. The van der Waals surface area contributed by atoms with Gasteiger partial charge in [-0.25, -0.2) is 4.79 Å². The first-order valence-corrected chi connectivity index (χ1v) is 10.5. The van der Waals surface area contributed by atoms with Crippen molar-refractivity contribution >= 4 is 23.4 Å². The van der Waals surface area contributed by atoms with Crippen LogP contribution in [-0.2, 0) is 9.53 Å². The molecule has 1 aromatic heterocycles. The van der Waals surface area contributed by atoms with E-state index in [0.29, 0.717) is 19.2 Å². The van der Waals surface area contributed by atoms with Crippen LogP contribution in [0.25, 0.3) is 11.1 Å². The quantitative estimate of drug-likeness (QED) is 0.786. The number of hydrogen-bond donors (Lipinski definition) is 0. The van der Waals surface area contributed by atoms with E-state index in [-0.39, 0.29) is 24.0 Å². The molecule has 2 aliphatic carbocycles. The summed E-state index contributed by atoms with van der Waals surface area (Å²) < 4.78 is 7.32. The van der Waals surface area contributed by atoms with Crippen LogP contribution in [0, 0.1) is 5.92 Å². The van der Waals surface area contributed by atoms with E-state index in [2.05, 4.69) is 11.3 Å². The number of fused-ring (bicyclic) bond motifs is 1. The molecule has 2 aromatic rings. The molecule has 3 aliphatic rings. The summed E-state index contributed by atoms with van der Waals surface area (Å²) in [5.41, 5.74) is 3.51. The molecule has 1 aliphatic heterocycles. The molecule has 29 heavy (non-hydrogen) atoms. The fourth-order valence-corrected chi connectivity index (χ4v) is 4.07. The highest BCUT2D eigenvalue weighted by Crippen LogP contribution is 2.42. The SMILES string of the molecule is CCOC(=O)N1CC(C)N(C(=O)C2CC2)c2ccc(-c3cnn(C4CC4)c3)cc21. The first-order valence-electron chi connectivity index (χ1n) is 10.5. The van der Waals surface area contributed by atoms with E-state index in [1.807, 2.05) is 40.9 Å². The summed E-state index contributed by atoms with van der Waals surface area (Å²) in [6.07, 6.45) is 7.83. The zero-order valence-electron chi connectivity index (χ0n) is 16.9. The van der Waals surface area contributed by atoms with E-state index in [1.165, 1.54) is 12.8 Å². The van der Waals surface area contributed by atoms with Crippen molar-refractivity contribution in [2.24, 2.45) is 5.92 Å². The minimum Gasteiger partial charge on any atom is -0.449 e. The van der Waals surface area contributed by atoms with Gasteiger partial charge in [-0.05, 0) is 57.2 Å². The molecular formula is C22H26N4O3. The molecule has 7 heteroatoms. The Hall–Kier alpha value is -2.83. The number of ether oxygens (including phenoxy) is 1. The van der Waals surface area contributed by atoms with Crippen LogP contribution in [0.4, 0.5) is 16.2 Å². The van der Waals surface area contributed by atoms with Gasteiger partial charge in [-0.2, -0.15) is 5.10 Å². The zero-order valence-corrected chi connectivity index (χ0v) is 16.9. The molecule has 7 nitrogen and oxygen atoms in total. The van der Waals surface area contributed by atoms with Crippen LogP contribution in [0.3, 0.4) is 0 Å². The predicted octanol–water partition coefficient (Wildman–Crippen LogP) is 3.99. The van der Waals surface area contributed by atoms with Crippen molar-refractivity contribution in [2.45, 2.75) is 51.6 Å². The highest BCUT2D eigenvalue weighted by atomic mass is 16.6. The largest absolute Gasteiger partial charge is 0.449 e. The summed E-state index contributed by atoms with van der Waals surface area (Å²) >= 11 is 0. The maximum atomic E-state index is 13.0. The zero-order chi connectivity index (χ0) is 20.1. The monoisotopic (exact) mass is 394 g/mol. The Labute approximate surface area is 170 Å². The summed E-state index contributed by atoms with van der Waals surface area (Å²) in [5, 5.41) is 4.48. The minimum atomic E-state index is -0.370. The highest BCUT2D eigenvalue weighted by molar-refractivity contribution is 6.05. The molecule has 0 spiro atoms. The molecule has 2 amide bonds. The molecule has 1 atom stereocenters. The van der Waals surface area contributed by atoms with E-state index in [1.54, 1.807) is 11.8 Å². The Bertz CT molecular complexity index is 961. The predicted molar refractivity (Wildman–Crippen MR) is 110 cm³/mol. The summed E-state index contributed by atoms with van der Waals surface area (Å²) in [5.74, 6) is 0.285. The first-order chi connectivity index (χ1) is 14.1. The van der Waals surface area contributed by atoms with Crippen LogP contribution in [0.1, 0.15) is 45.6 Å². The van der Waals surface area contributed by atoms with Gasteiger partial charge in [-0.15, -0.1) is 0 Å². The molecule has 0 radical (unpaired) electrons. The lowest BCUT2D eigenvalue weighted by atomic mass is 10.0. The molecule has 1 unspecified atom stereocenters. The Morgan fingerprint density at radius 2 is 1.93 bits per heavy atom. The molecule has 1 aromatic carbocycles. The van der Waals surface area contributed by atoms with Crippen LogP contribution < -0.4 is 9.80 Å². The second kappa shape index (κ2) is 6.90. The smallest absolute Gasteiger partial charge is 0.414 e.